The van der Waals surface area contributed by atoms with E-state index < -0.39 is 0 Å². The summed E-state index contributed by atoms with van der Waals surface area (Å²) in [6.07, 6.45) is 0. The normalized spacial score (nSPS) is 0. The Morgan fingerprint density at radius 2 is 1.00 bits per heavy atom. The van der Waals surface area contributed by atoms with Crippen molar-refractivity contribution in [2.24, 2.45) is 0 Å². The molecule has 0 heterocycles. The van der Waals surface area contributed by atoms with Crippen molar-refractivity contribution in [1.82, 2.24) is 0 Å². The van der Waals surface area contributed by atoms with E-state index in [0.717, 1.165) is 0 Å². The van der Waals surface area contributed by atoms with Gasteiger partial charge >= 0.3 is 23.1 Å². The monoisotopic (exact) mass is 247 g/mol. The summed E-state index contributed by atoms with van der Waals surface area (Å²) < 4.78 is 0. The van der Waals surface area contributed by atoms with Crippen LogP contribution in [0.4, 0.5) is 0 Å². The van der Waals surface area contributed by atoms with Crippen LogP contribution in [0, 0.1) is 0 Å². The molecule has 0 unspecified atom stereocenters. The third kappa shape index (κ3) is 27.4. The molecular weight excluding hydrogens is 236 g/mol. The molecule has 0 saturated carbocycles. The van der Waals surface area contributed by atoms with Crippen molar-refractivity contribution >= 4 is 51.4 Å². The van der Waals surface area contributed by atoms with Crippen LogP contribution in [0.25, 0.3) is 0 Å². The fourth-order valence-corrected chi connectivity index (χ4v) is 0. The molecule has 0 aromatic carbocycles. The minimum Gasteiger partial charge on any atom is -0.412 e. The smallest absolute Gasteiger partial charge is 0.316 e. The van der Waals surface area contributed by atoms with Crippen LogP contribution in [0.5, 0.6) is 0 Å². The minimum atomic E-state index is 0. The molecule has 0 spiro atoms. The molecule has 2 N–H and O–H groups in total. The zero-order valence-electron chi connectivity index (χ0n) is 1.49. The van der Waals surface area contributed by atoms with Gasteiger partial charge in [-0.05, 0) is 11.0 Å². The SMILES string of the molecule is O.[AlH3].[Cr].[MgH2].[SiH4].[Y]. The van der Waals surface area contributed by atoms with Crippen LogP contribution in [0.15, 0.2) is 0 Å². The first-order chi connectivity index (χ1) is 0. The molecule has 0 aromatic heterocycles. The summed E-state index contributed by atoms with van der Waals surface area (Å²) >= 11 is 0. The van der Waals surface area contributed by atoms with E-state index in [0.29, 0.717) is 0 Å². The van der Waals surface area contributed by atoms with E-state index in [9.17, 15) is 0 Å². The molecule has 0 saturated heterocycles. The molecule has 0 aliphatic rings. The van der Waals surface area contributed by atoms with Gasteiger partial charge in [-0.2, -0.15) is 0 Å². The second kappa shape index (κ2) is 42.4. The predicted octanol–water partition coefficient (Wildman–Crippen LogP) is -4.38. The fraction of sp³-hybridized carbons (Fsp3) is 0. The van der Waals surface area contributed by atoms with E-state index in [-0.39, 0.29) is 107 Å². The summed E-state index contributed by atoms with van der Waals surface area (Å²) in [5.74, 6) is 0. The molecule has 0 atom stereocenters. The topological polar surface area (TPSA) is 31.5 Å². The van der Waals surface area contributed by atoms with Gasteiger partial charge in [0.2, 0.25) is 0 Å². The van der Waals surface area contributed by atoms with Gasteiger partial charge in [-0.3, -0.25) is 0 Å². The molecular formula is H11AlCrMgOSiY. The van der Waals surface area contributed by atoms with E-state index in [1.807, 2.05) is 0 Å². The van der Waals surface area contributed by atoms with Gasteiger partial charge in [0, 0.05) is 50.1 Å². The Morgan fingerprint density at radius 1 is 1.00 bits per heavy atom. The van der Waals surface area contributed by atoms with Crippen LogP contribution in [0.2, 0.25) is 0 Å². The maximum absolute atomic E-state index is 0. The average Bonchev–Trinajstić information content (AvgIpc) is 0. The van der Waals surface area contributed by atoms with Gasteiger partial charge in [-0.25, -0.2) is 0 Å². The van der Waals surface area contributed by atoms with Crippen LogP contribution < -0.4 is 0 Å². The molecule has 0 aliphatic heterocycles. The van der Waals surface area contributed by atoms with E-state index in [1.165, 1.54) is 0 Å². The predicted molar refractivity (Wildman–Crippen MR) is 33.4 cm³/mol. The number of hydrogen-bond acceptors (Lipinski definition) is 0. The first-order valence-electron chi connectivity index (χ1n) is 0. The van der Waals surface area contributed by atoms with Gasteiger partial charge < -0.3 is 5.48 Å². The third-order valence-electron chi connectivity index (χ3n) is 0. The summed E-state index contributed by atoms with van der Waals surface area (Å²) in [5.41, 5.74) is 0. The zero-order valence-corrected chi connectivity index (χ0v) is 5.60. The maximum Gasteiger partial charge on any atom is 0.316 e. The quantitative estimate of drug-likeness (QED) is 0.387. The Hall–Kier alpha value is 3.11. The molecule has 35 valence electrons. The van der Waals surface area contributed by atoms with Gasteiger partial charge in [0.05, 0.1) is 0 Å². The Morgan fingerprint density at radius 3 is 1.00 bits per heavy atom. The van der Waals surface area contributed by atoms with Crippen LogP contribution in [0.3, 0.4) is 0 Å². The van der Waals surface area contributed by atoms with Gasteiger partial charge in [0.25, 0.3) is 0 Å². The summed E-state index contributed by atoms with van der Waals surface area (Å²) in [6, 6.07) is 0. The largest absolute Gasteiger partial charge is 0.412 e. The van der Waals surface area contributed by atoms with Crippen molar-refractivity contribution in [3.8, 4) is 0 Å². The van der Waals surface area contributed by atoms with Gasteiger partial charge in [0.1, 0.15) is 0 Å². The molecule has 6 heavy (non-hydrogen) atoms. The second-order valence-corrected chi connectivity index (χ2v) is 0. The maximum atomic E-state index is 0. The molecule has 1 nitrogen and oxygen atoms in total. The molecule has 1 radical (unpaired) electrons. The van der Waals surface area contributed by atoms with Crippen molar-refractivity contribution in [3.05, 3.63) is 0 Å². The summed E-state index contributed by atoms with van der Waals surface area (Å²) in [7, 11) is 0. The molecule has 0 fully saturated rings. The van der Waals surface area contributed by atoms with Gasteiger partial charge in [0.15, 0.2) is 17.4 Å². The van der Waals surface area contributed by atoms with Crippen molar-refractivity contribution in [2.75, 3.05) is 0 Å². The van der Waals surface area contributed by atoms with Crippen molar-refractivity contribution in [2.45, 2.75) is 0 Å². The Balaban J connectivity index is 0. The average molecular weight is 247 g/mol. The number of hydrogen-bond donors (Lipinski definition) is 0. The fourth-order valence-electron chi connectivity index (χ4n) is 0. The van der Waals surface area contributed by atoms with Gasteiger partial charge in [-0.15, -0.1) is 0 Å². The zero-order chi connectivity index (χ0) is 0. The molecule has 6 heteroatoms. The van der Waals surface area contributed by atoms with Crippen molar-refractivity contribution in [3.63, 3.8) is 0 Å². The van der Waals surface area contributed by atoms with Crippen LogP contribution in [-0.2, 0) is 50.1 Å². The summed E-state index contributed by atoms with van der Waals surface area (Å²) in [5, 5.41) is 0. The first-order valence-corrected chi connectivity index (χ1v) is 0. The van der Waals surface area contributed by atoms with E-state index in [2.05, 4.69) is 0 Å². The Kier molecular flexibility index (Phi) is 437. The molecule has 0 rings (SSSR count). The molecule has 0 amide bonds. The molecule has 0 aromatic rings. The Labute approximate surface area is 105 Å². The molecule has 0 bridgehead atoms. The van der Waals surface area contributed by atoms with E-state index >= 15 is 0 Å². The van der Waals surface area contributed by atoms with E-state index in [4.69, 9.17) is 0 Å². The van der Waals surface area contributed by atoms with Crippen LogP contribution in [-0.4, -0.2) is 56.9 Å². The Bertz CT molecular complexity index is 15.5. The first kappa shape index (κ1) is 61.9. The summed E-state index contributed by atoms with van der Waals surface area (Å²) in [6.45, 7) is 0. The summed E-state index contributed by atoms with van der Waals surface area (Å²) in [4.78, 5) is 0. The van der Waals surface area contributed by atoms with E-state index in [1.54, 1.807) is 0 Å². The van der Waals surface area contributed by atoms with Crippen molar-refractivity contribution in [1.29, 1.82) is 0 Å². The van der Waals surface area contributed by atoms with Gasteiger partial charge in [-0.1, -0.05) is 0 Å². The molecule has 0 aliphatic carbocycles. The minimum absolute atomic E-state index is 0. The van der Waals surface area contributed by atoms with Crippen LogP contribution >= 0.6 is 0 Å². The standard InChI is InChI=1S/Al.Cr.Mg.H2O.H4Si.Y.5H/h;;;1H2;1H4;;;;;;. The van der Waals surface area contributed by atoms with Crippen molar-refractivity contribution < 1.29 is 55.5 Å². The second-order valence-electron chi connectivity index (χ2n) is 0. The third-order valence-corrected chi connectivity index (χ3v) is 0. The van der Waals surface area contributed by atoms with Crippen LogP contribution in [0.1, 0.15) is 0 Å². The number of rotatable bonds is 0.